The molecule has 0 amide bonds. The van der Waals surface area contributed by atoms with Gasteiger partial charge >= 0.3 is 5.97 Å². The molecule has 0 atom stereocenters. The molecule has 3 heteroatoms. The van der Waals surface area contributed by atoms with E-state index in [0.717, 1.165) is 16.9 Å². The van der Waals surface area contributed by atoms with Crippen molar-refractivity contribution in [2.24, 2.45) is 5.41 Å². The lowest BCUT2D eigenvalue weighted by atomic mass is 9.90. The van der Waals surface area contributed by atoms with Crippen molar-refractivity contribution in [1.82, 2.24) is 0 Å². The Morgan fingerprint density at radius 2 is 1.91 bits per heavy atom. The Labute approximate surface area is 139 Å². The number of benzene rings is 1. The second-order valence-corrected chi connectivity index (χ2v) is 5.93. The quantitative estimate of drug-likeness (QED) is 0.623. The molecule has 3 nitrogen and oxygen atoms in total. The van der Waals surface area contributed by atoms with E-state index in [1.807, 2.05) is 50.3 Å². The van der Waals surface area contributed by atoms with E-state index in [1.165, 1.54) is 6.08 Å². The highest BCUT2D eigenvalue weighted by Gasteiger charge is 2.22. The first-order valence-corrected chi connectivity index (χ1v) is 7.92. The van der Waals surface area contributed by atoms with Gasteiger partial charge in [0.2, 0.25) is 0 Å². The van der Waals surface area contributed by atoms with Crippen molar-refractivity contribution in [3.8, 4) is 5.75 Å². The third-order valence-corrected chi connectivity index (χ3v) is 3.22. The molecule has 1 heterocycles. The number of allylic oxidation sites excluding steroid dienone is 4. The Morgan fingerprint density at radius 1 is 1.26 bits per heavy atom. The summed E-state index contributed by atoms with van der Waals surface area (Å²) < 4.78 is 5.87. The molecule has 0 saturated heterocycles. The van der Waals surface area contributed by atoms with Crippen molar-refractivity contribution >= 4 is 11.5 Å². The Hall–Kier alpha value is -2.29. The van der Waals surface area contributed by atoms with Crippen LogP contribution in [0.3, 0.4) is 0 Å². The summed E-state index contributed by atoms with van der Waals surface area (Å²) in [5.74, 6) is -0.0742. The molecule has 1 aliphatic rings. The van der Waals surface area contributed by atoms with E-state index < -0.39 is 5.97 Å². The van der Waals surface area contributed by atoms with E-state index in [0.29, 0.717) is 12.2 Å². The van der Waals surface area contributed by atoms with Gasteiger partial charge in [-0.05, 0) is 24.1 Å². The third-order valence-electron chi connectivity index (χ3n) is 3.22. The van der Waals surface area contributed by atoms with Gasteiger partial charge in [0.05, 0.1) is 6.61 Å². The van der Waals surface area contributed by atoms with Crippen LogP contribution in [0, 0.1) is 5.41 Å². The van der Waals surface area contributed by atoms with Gasteiger partial charge in [-0.1, -0.05) is 64.1 Å². The number of hydrogen-bond acceptors (Lipinski definition) is 2. The molecular weight excluding hydrogens is 288 g/mol. The number of aliphatic carboxylic acids is 1. The maximum absolute atomic E-state index is 10.7. The molecule has 0 spiro atoms. The Balaban J connectivity index is 0.00000127. The van der Waals surface area contributed by atoms with Crippen LogP contribution >= 0.6 is 0 Å². The SMILES string of the molecule is CC.CC(/C=C/C1=CC(C)(C)COc2ccccc21)=C\C(=O)O. The fourth-order valence-corrected chi connectivity index (χ4v) is 2.24. The van der Waals surface area contributed by atoms with Gasteiger partial charge in [-0.25, -0.2) is 4.79 Å². The summed E-state index contributed by atoms with van der Waals surface area (Å²) in [6, 6.07) is 7.90. The molecule has 1 aromatic carbocycles. The summed E-state index contributed by atoms with van der Waals surface area (Å²) in [6.45, 7) is 10.6. The predicted molar refractivity (Wildman–Crippen MR) is 95.6 cm³/mol. The minimum Gasteiger partial charge on any atom is -0.492 e. The van der Waals surface area contributed by atoms with E-state index in [-0.39, 0.29) is 5.41 Å². The molecule has 0 aromatic heterocycles. The fraction of sp³-hybridized carbons (Fsp3) is 0.350. The normalized spacial score (nSPS) is 16.4. The molecule has 1 aromatic rings. The average molecular weight is 314 g/mol. The standard InChI is InChI=1S/C18H20O3.C2H6/c1-13(10-17(19)20)8-9-14-11-18(2,3)12-21-16-7-5-4-6-15(14)16;1-2/h4-11H,12H2,1-3H3,(H,19,20);1-2H3/b9-8+,13-10+;. The Bertz CT molecular complexity index is 634. The van der Waals surface area contributed by atoms with Crippen LogP contribution in [-0.4, -0.2) is 17.7 Å². The molecule has 23 heavy (non-hydrogen) atoms. The molecule has 0 aliphatic carbocycles. The lowest BCUT2D eigenvalue weighted by Gasteiger charge is -2.18. The van der Waals surface area contributed by atoms with E-state index >= 15 is 0 Å². The van der Waals surface area contributed by atoms with Crippen molar-refractivity contribution in [2.45, 2.75) is 34.6 Å². The molecule has 0 bridgehead atoms. The fourth-order valence-electron chi connectivity index (χ4n) is 2.24. The minimum absolute atomic E-state index is 0.0802. The molecule has 2 rings (SSSR count). The minimum atomic E-state index is -0.934. The number of rotatable bonds is 3. The molecule has 0 fully saturated rings. The number of hydrogen-bond donors (Lipinski definition) is 1. The van der Waals surface area contributed by atoms with Crippen LogP contribution < -0.4 is 4.74 Å². The largest absolute Gasteiger partial charge is 0.492 e. The van der Waals surface area contributed by atoms with Crippen molar-refractivity contribution in [2.75, 3.05) is 6.61 Å². The zero-order valence-corrected chi connectivity index (χ0v) is 14.6. The van der Waals surface area contributed by atoms with Crippen LogP contribution in [0.2, 0.25) is 0 Å². The zero-order chi connectivity index (χ0) is 17.5. The maximum Gasteiger partial charge on any atom is 0.328 e. The zero-order valence-electron chi connectivity index (χ0n) is 14.6. The highest BCUT2D eigenvalue weighted by molar-refractivity contribution is 5.82. The number of para-hydroxylation sites is 1. The van der Waals surface area contributed by atoms with Gasteiger partial charge in [0.25, 0.3) is 0 Å². The molecule has 1 aliphatic heterocycles. The van der Waals surface area contributed by atoms with E-state index in [4.69, 9.17) is 9.84 Å². The smallest absolute Gasteiger partial charge is 0.328 e. The molecule has 1 N–H and O–H groups in total. The summed E-state index contributed by atoms with van der Waals surface area (Å²) in [5.41, 5.74) is 2.70. The summed E-state index contributed by atoms with van der Waals surface area (Å²) in [6.07, 6.45) is 7.13. The van der Waals surface area contributed by atoms with E-state index in [2.05, 4.69) is 19.9 Å². The van der Waals surface area contributed by atoms with Crippen LogP contribution in [0.4, 0.5) is 0 Å². The van der Waals surface area contributed by atoms with Crippen LogP contribution in [0.5, 0.6) is 5.75 Å². The van der Waals surface area contributed by atoms with Gasteiger partial charge in [-0.3, -0.25) is 0 Å². The molecule has 124 valence electrons. The molecular formula is C20H26O3. The predicted octanol–water partition coefficient (Wildman–Crippen LogP) is 5.10. The summed E-state index contributed by atoms with van der Waals surface area (Å²) in [4.78, 5) is 10.7. The average Bonchev–Trinajstić information content (AvgIpc) is 2.63. The second-order valence-electron chi connectivity index (χ2n) is 5.93. The van der Waals surface area contributed by atoms with Crippen LogP contribution in [-0.2, 0) is 4.79 Å². The highest BCUT2D eigenvalue weighted by atomic mass is 16.5. The van der Waals surface area contributed by atoms with Crippen molar-refractivity contribution in [3.05, 3.63) is 59.7 Å². The van der Waals surface area contributed by atoms with Crippen molar-refractivity contribution in [3.63, 3.8) is 0 Å². The summed E-state index contributed by atoms with van der Waals surface area (Å²) in [7, 11) is 0. The van der Waals surface area contributed by atoms with Gasteiger partial charge in [0.1, 0.15) is 5.75 Å². The van der Waals surface area contributed by atoms with Gasteiger partial charge < -0.3 is 9.84 Å². The Morgan fingerprint density at radius 3 is 2.57 bits per heavy atom. The summed E-state index contributed by atoms with van der Waals surface area (Å²) >= 11 is 0. The number of carboxylic acids is 1. The monoisotopic (exact) mass is 314 g/mol. The first kappa shape index (κ1) is 18.8. The third kappa shape index (κ3) is 5.78. The van der Waals surface area contributed by atoms with Crippen LogP contribution in [0.25, 0.3) is 5.57 Å². The topological polar surface area (TPSA) is 46.5 Å². The molecule has 0 radical (unpaired) electrons. The van der Waals surface area contributed by atoms with Crippen molar-refractivity contribution in [1.29, 1.82) is 0 Å². The van der Waals surface area contributed by atoms with E-state index in [9.17, 15) is 4.79 Å². The summed E-state index contributed by atoms with van der Waals surface area (Å²) in [5, 5.41) is 8.76. The van der Waals surface area contributed by atoms with Crippen molar-refractivity contribution < 1.29 is 14.6 Å². The number of fused-ring (bicyclic) bond motifs is 1. The van der Waals surface area contributed by atoms with Crippen LogP contribution in [0.1, 0.15) is 40.2 Å². The lowest BCUT2D eigenvalue weighted by molar-refractivity contribution is -0.131. The number of carbonyl (C=O) groups is 1. The first-order valence-electron chi connectivity index (χ1n) is 7.92. The molecule has 0 unspecified atom stereocenters. The van der Waals surface area contributed by atoms with Gasteiger partial charge in [-0.15, -0.1) is 0 Å². The second kappa shape index (κ2) is 8.37. The van der Waals surface area contributed by atoms with Crippen LogP contribution in [0.15, 0.2) is 54.1 Å². The maximum atomic E-state index is 10.7. The highest BCUT2D eigenvalue weighted by Crippen LogP contribution is 2.35. The number of ether oxygens (including phenoxy) is 1. The lowest BCUT2D eigenvalue weighted by Crippen LogP contribution is -2.17. The number of carboxylic acid groups (broad SMARTS) is 1. The van der Waals surface area contributed by atoms with Gasteiger partial charge in [0, 0.05) is 17.1 Å². The van der Waals surface area contributed by atoms with Gasteiger partial charge in [0.15, 0.2) is 0 Å². The first-order chi connectivity index (χ1) is 10.9. The molecule has 0 saturated carbocycles. The van der Waals surface area contributed by atoms with E-state index in [1.54, 1.807) is 6.92 Å². The Kier molecular flexibility index (Phi) is 6.83. The van der Waals surface area contributed by atoms with Gasteiger partial charge in [-0.2, -0.15) is 0 Å².